The fourth-order valence-electron chi connectivity index (χ4n) is 4.96. The Balaban J connectivity index is 0.000000378. The molecule has 6 heteroatoms. The summed E-state index contributed by atoms with van der Waals surface area (Å²) in [6.07, 6.45) is 29.8. The Morgan fingerprint density at radius 2 is 1.43 bits per heavy atom. The monoisotopic (exact) mass is 551 g/mol. The van der Waals surface area contributed by atoms with E-state index < -0.39 is 0 Å². The highest BCUT2D eigenvalue weighted by molar-refractivity contribution is 5.73. The van der Waals surface area contributed by atoms with Gasteiger partial charge in [-0.3, -0.25) is 9.78 Å². The molecule has 1 amide bonds. The summed E-state index contributed by atoms with van der Waals surface area (Å²) in [4.78, 5) is 17.2. The van der Waals surface area contributed by atoms with Gasteiger partial charge in [0.15, 0.2) is 11.5 Å². The van der Waals surface area contributed by atoms with Crippen molar-refractivity contribution in [1.82, 2.24) is 9.88 Å². The minimum Gasteiger partial charge on any atom is -0.493 e. The number of carbonyl (C=O) groups is 1. The van der Waals surface area contributed by atoms with Crippen molar-refractivity contribution in [2.45, 2.75) is 96.3 Å². The lowest BCUT2D eigenvalue weighted by Crippen LogP contribution is -2.20. The fraction of sp³-hybridized carbons (Fsp3) is 0.588. The number of benzene rings is 1. The molecular weight excluding hydrogens is 498 g/mol. The van der Waals surface area contributed by atoms with E-state index in [2.05, 4.69) is 40.9 Å². The molecule has 1 aromatic heterocycles. The minimum atomic E-state index is -0.168. The maximum atomic E-state index is 10.6. The van der Waals surface area contributed by atoms with Crippen LogP contribution in [-0.4, -0.2) is 49.6 Å². The molecule has 40 heavy (non-hydrogen) atoms. The predicted molar refractivity (Wildman–Crippen MR) is 167 cm³/mol. The molecule has 0 radical (unpaired) electrons. The van der Waals surface area contributed by atoms with Crippen molar-refractivity contribution in [3.63, 3.8) is 0 Å². The molecule has 1 aliphatic heterocycles. The maximum absolute atomic E-state index is 10.6. The number of hydrogen-bond donors (Lipinski definition) is 1. The van der Waals surface area contributed by atoms with E-state index in [9.17, 15) is 4.79 Å². The number of primary amides is 1. The van der Waals surface area contributed by atoms with Crippen LogP contribution in [0.15, 0.2) is 42.7 Å². The lowest BCUT2D eigenvalue weighted by atomic mass is 10.0. The number of nitrogens with two attached hydrogens (primary N) is 1. The van der Waals surface area contributed by atoms with Gasteiger partial charge in [0, 0.05) is 18.8 Å². The Morgan fingerprint density at radius 1 is 0.825 bits per heavy atom. The van der Waals surface area contributed by atoms with Crippen molar-refractivity contribution >= 4 is 5.91 Å². The van der Waals surface area contributed by atoms with E-state index in [4.69, 9.17) is 15.2 Å². The van der Waals surface area contributed by atoms with Gasteiger partial charge in [0.05, 0.1) is 14.2 Å². The van der Waals surface area contributed by atoms with Crippen LogP contribution in [0.5, 0.6) is 11.5 Å². The van der Waals surface area contributed by atoms with Crippen LogP contribution in [0.3, 0.4) is 0 Å². The number of nitrogens with zero attached hydrogens (tertiary/aromatic N) is 2. The average Bonchev–Trinajstić information content (AvgIpc) is 3.51. The molecule has 2 heterocycles. The number of hydrogen-bond acceptors (Lipinski definition) is 5. The van der Waals surface area contributed by atoms with Gasteiger partial charge in [-0.15, -0.1) is 12.8 Å². The van der Waals surface area contributed by atoms with Crippen LogP contribution in [0.25, 0.3) is 0 Å². The van der Waals surface area contributed by atoms with E-state index in [1.165, 1.54) is 95.0 Å². The van der Waals surface area contributed by atoms with E-state index in [1.807, 2.05) is 24.5 Å². The van der Waals surface area contributed by atoms with Crippen molar-refractivity contribution in [3.8, 4) is 24.3 Å². The molecule has 3 rings (SSSR count). The first-order valence-electron chi connectivity index (χ1n) is 15.1. The summed E-state index contributed by atoms with van der Waals surface area (Å²) in [5.74, 6) is 1.47. The molecule has 0 bridgehead atoms. The topological polar surface area (TPSA) is 77.7 Å². The first kappa shape index (κ1) is 35.0. The highest BCUT2D eigenvalue weighted by Gasteiger charge is 2.11. The zero-order valence-electron chi connectivity index (χ0n) is 25.1. The van der Waals surface area contributed by atoms with Gasteiger partial charge in [0.2, 0.25) is 5.91 Å². The molecule has 6 nitrogen and oxygen atoms in total. The lowest BCUT2D eigenvalue weighted by molar-refractivity contribution is -0.118. The third kappa shape index (κ3) is 16.8. The quantitative estimate of drug-likeness (QED) is 0.160. The summed E-state index contributed by atoms with van der Waals surface area (Å²) in [5.41, 5.74) is 7.78. The second-order valence-corrected chi connectivity index (χ2v) is 10.4. The number of rotatable bonds is 18. The summed E-state index contributed by atoms with van der Waals surface area (Å²) >= 11 is 0. The number of unbranched alkanes of at least 4 members (excludes halogenated alkanes) is 8. The largest absolute Gasteiger partial charge is 0.493 e. The van der Waals surface area contributed by atoms with Crippen molar-refractivity contribution in [2.24, 2.45) is 5.73 Å². The van der Waals surface area contributed by atoms with E-state index >= 15 is 0 Å². The van der Waals surface area contributed by atoms with E-state index in [0.717, 1.165) is 37.2 Å². The van der Waals surface area contributed by atoms with Gasteiger partial charge < -0.3 is 20.1 Å². The van der Waals surface area contributed by atoms with Crippen LogP contribution in [0, 0.1) is 12.8 Å². The van der Waals surface area contributed by atoms with Gasteiger partial charge in [-0.25, -0.2) is 0 Å². The van der Waals surface area contributed by atoms with Gasteiger partial charge >= 0.3 is 0 Å². The van der Waals surface area contributed by atoms with Crippen LogP contribution in [0.1, 0.15) is 94.6 Å². The second-order valence-electron chi connectivity index (χ2n) is 10.4. The van der Waals surface area contributed by atoms with Gasteiger partial charge in [0.1, 0.15) is 0 Å². The molecule has 0 spiro atoms. The molecule has 2 aromatic rings. The number of carbonyl (C=O) groups excluding carboxylic acids is 1. The number of aromatic nitrogens is 1. The Morgan fingerprint density at radius 3 is 2.00 bits per heavy atom. The Labute approximate surface area is 244 Å². The van der Waals surface area contributed by atoms with Crippen molar-refractivity contribution in [3.05, 3.63) is 53.9 Å². The van der Waals surface area contributed by atoms with Crippen LogP contribution < -0.4 is 15.2 Å². The Hall–Kier alpha value is -3.04. The van der Waals surface area contributed by atoms with E-state index in [1.54, 1.807) is 14.2 Å². The molecule has 2 N–H and O–H groups in total. The van der Waals surface area contributed by atoms with Crippen LogP contribution in [0.4, 0.5) is 0 Å². The zero-order chi connectivity index (χ0) is 29.3. The molecule has 0 aliphatic carbocycles. The van der Waals surface area contributed by atoms with Gasteiger partial charge in [-0.05, 0) is 93.9 Å². The molecular formula is C34H53N3O3. The Kier molecular flexibility index (Phi) is 20.8. The van der Waals surface area contributed by atoms with Crippen molar-refractivity contribution < 1.29 is 14.3 Å². The number of amides is 1. The summed E-state index contributed by atoms with van der Waals surface area (Å²) in [6.45, 7) is 3.78. The summed E-state index contributed by atoms with van der Waals surface area (Å²) < 4.78 is 10.6. The standard InChI is InChI=1S/C17H28N2O.C15H23NO2.C2H2/c18-17(20)13-9-7-5-3-1-2-4-6-8-11-16-12-10-14-19-15-16;1-17-14-8-7-13(12-15(14)18-2)6-5-11-16-9-3-4-10-16;1-2/h10,12,14-15H,1-9,11,13H2,(H2,18,20);7-8,12H,3-6,9-11H2,1-2H3;1-2H. The molecule has 1 aromatic carbocycles. The number of aryl methyl sites for hydroxylation is 2. The number of ether oxygens (including phenoxy) is 2. The first-order chi connectivity index (χ1) is 19.6. The van der Waals surface area contributed by atoms with Gasteiger partial charge in [-0.2, -0.15) is 0 Å². The normalized spacial score (nSPS) is 12.5. The summed E-state index contributed by atoms with van der Waals surface area (Å²) in [7, 11) is 3.36. The predicted octanol–water partition coefficient (Wildman–Crippen LogP) is 6.99. The molecule has 0 unspecified atom stereocenters. The van der Waals surface area contributed by atoms with Crippen molar-refractivity contribution in [2.75, 3.05) is 33.9 Å². The van der Waals surface area contributed by atoms with Crippen LogP contribution in [0.2, 0.25) is 0 Å². The Bertz CT molecular complexity index is 911. The highest BCUT2D eigenvalue weighted by Crippen LogP contribution is 2.28. The van der Waals surface area contributed by atoms with Gasteiger partial charge in [-0.1, -0.05) is 57.1 Å². The number of terminal acetylenes is 1. The number of likely N-dealkylation sites (tertiary alicyclic amines) is 1. The molecule has 1 aliphatic rings. The van der Waals surface area contributed by atoms with Gasteiger partial charge in [0.25, 0.3) is 0 Å². The zero-order valence-corrected chi connectivity index (χ0v) is 25.1. The lowest BCUT2D eigenvalue weighted by Gasteiger charge is -2.14. The summed E-state index contributed by atoms with van der Waals surface area (Å²) in [5, 5.41) is 0. The molecule has 222 valence electrons. The molecule has 1 saturated heterocycles. The maximum Gasteiger partial charge on any atom is 0.217 e. The van der Waals surface area contributed by atoms with Crippen molar-refractivity contribution in [1.29, 1.82) is 0 Å². The third-order valence-corrected chi connectivity index (χ3v) is 7.20. The first-order valence-corrected chi connectivity index (χ1v) is 15.1. The average molecular weight is 552 g/mol. The fourth-order valence-corrected chi connectivity index (χ4v) is 4.96. The smallest absolute Gasteiger partial charge is 0.217 e. The van der Waals surface area contributed by atoms with Crippen LogP contribution in [-0.2, 0) is 17.6 Å². The second kappa shape index (κ2) is 23.8. The minimum absolute atomic E-state index is 0.168. The molecule has 1 fully saturated rings. The van der Waals surface area contributed by atoms with E-state index in [0.29, 0.717) is 6.42 Å². The number of pyridine rings is 1. The highest BCUT2D eigenvalue weighted by atomic mass is 16.5. The molecule has 0 saturated carbocycles. The van der Waals surface area contributed by atoms with E-state index in [-0.39, 0.29) is 5.91 Å². The third-order valence-electron chi connectivity index (χ3n) is 7.20. The molecule has 0 atom stereocenters. The van der Waals surface area contributed by atoms with Crippen LogP contribution >= 0.6 is 0 Å². The number of methoxy groups -OCH3 is 2. The SMILES string of the molecule is C#C.COc1ccc(CCCN2CCCC2)cc1OC.NC(=O)CCCCCCCCCCCc1cccnc1. The summed E-state index contributed by atoms with van der Waals surface area (Å²) in [6, 6.07) is 10.4.